The zero-order valence-corrected chi connectivity index (χ0v) is 13.9. The minimum Gasteiger partial charge on any atom is -0.378 e. The Morgan fingerprint density at radius 3 is 2.78 bits per heavy atom. The summed E-state index contributed by atoms with van der Waals surface area (Å²) in [5, 5.41) is 6.59. The number of urea groups is 1. The third-order valence-electron chi connectivity index (χ3n) is 4.80. The molecule has 3 rings (SSSR count). The van der Waals surface area contributed by atoms with Gasteiger partial charge in [0.1, 0.15) is 0 Å². The van der Waals surface area contributed by atoms with E-state index in [-0.39, 0.29) is 6.03 Å². The number of rotatable bonds is 4. The number of hydrogen-bond donors (Lipinski definition) is 2. The summed E-state index contributed by atoms with van der Waals surface area (Å²) in [4.78, 5) is 14.2. The first kappa shape index (κ1) is 16.3. The van der Waals surface area contributed by atoms with E-state index in [1.165, 1.54) is 11.1 Å². The van der Waals surface area contributed by atoms with E-state index < -0.39 is 0 Å². The molecule has 1 fully saturated rings. The van der Waals surface area contributed by atoms with Crippen LogP contribution >= 0.6 is 0 Å². The molecule has 2 heterocycles. The maximum atomic E-state index is 12.3. The highest BCUT2D eigenvalue weighted by molar-refractivity contribution is 5.74. The summed E-state index contributed by atoms with van der Waals surface area (Å²) < 4.78 is 5.63. The van der Waals surface area contributed by atoms with Crippen molar-refractivity contribution in [3.63, 3.8) is 0 Å². The molecule has 126 valence electrons. The molecule has 2 amide bonds. The van der Waals surface area contributed by atoms with Crippen molar-refractivity contribution in [2.45, 2.75) is 44.9 Å². The van der Waals surface area contributed by atoms with Gasteiger partial charge in [0.05, 0.1) is 6.10 Å². The molecular weight excluding hydrogens is 290 g/mol. The Labute approximate surface area is 138 Å². The van der Waals surface area contributed by atoms with Gasteiger partial charge in [-0.05, 0) is 37.3 Å². The molecule has 0 radical (unpaired) electrons. The summed E-state index contributed by atoms with van der Waals surface area (Å²) in [6.45, 7) is 5.92. The third kappa shape index (κ3) is 4.24. The molecule has 2 N–H and O–H groups in total. The summed E-state index contributed by atoms with van der Waals surface area (Å²) in [5.41, 5.74) is 2.76. The van der Waals surface area contributed by atoms with Crippen molar-refractivity contribution in [3.8, 4) is 0 Å². The fraction of sp³-hybridized carbons (Fsp3) is 0.611. The van der Waals surface area contributed by atoms with Crippen molar-refractivity contribution in [3.05, 3.63) is 35.4 Å². The lowest BCUT2D eigenvalue weighted by Gasteiger charge is -2.33. The fourth-order valence-electron chi connectivity index (χ4n) is 3.45. The van der Waals surface area contributed by atoms with Gasteiger partial charge in [-0.25, -0.2) is 4.79 Å². The average Bonchev–Trinajstić information content (AvgIpc) is 2.60. The lowest BCUT2D eigenvalue weighted by Crippen LogP contribution is -2.50. The van der Waals surface area contributed by atoms with E-state index in [9.17, 15) is 4.79 Å². The number of fused-ring (bicyclic) bond motifs is 1. The number of nitrogens with zero attached hydrogens (tertiary/aromatic N) is 1. The van der Waals surface area contributed by atoms with Crippen LogP contribution in [0.25, 0.3) is 0 Å². The molecular formula is C18H27N3O2. The normalized spacial score (nSPS) is 21.8. The Morgan fingerprint density at radius 1 is 1.30 bits per heavy atom. The average molecular weight is 317 g/mol. The highest BCUT2D eigenvalue weighted by Crippen LogP contribution is 2.16. The molecule has 1 atom stereocenters. The van der Waals surface area contributed by atoms with Gasteiger partial charge in [0.2, 0.25) is 0 Å². The second-order valence-electron chi connectivity index (χ2n) is 6.38. The molecule has 1 aromatic carbocycles. The maximum absolute atomic E-state index is 12.3. The molecule has 1 saturated heterocycles. The van der Waals surface area contributed by atoms with Gasteiger partial charge in [-0.3, -0.25) is 0 Å². The minimum absolute atomic E-state index is 0.0561. The molecule has 0 spiro atoms. The van der Waals surface area contributed by atoms with Gasteiger partial charge in [-0.15, -0.1) is 0 Å². The predicted octanol–water partition coefficient (Wildman–Crippen LogP) is 1.91. The van der Waals surface area contributed by atoms with E-state index >= 15 is 0 Å². The quantitative estimate of drug-likeness (QED) is 0.892. The molecule has 0 aliphatic carbocycles. The molecule has 0 bridgehead atoms. The second-order valence-corrected chi connectivity index (χ2v) is 6.38. The van der Waals surface area contributed by atoms with E-state index in [0.717, 1.165) is 45.5 Å². The Morgan fingerprint density at radius 2 is 2.04 bits per heavy atom. The number of benzene rings is 1. The van der Waals surface area contributed by atoms with Crippen molar-refractivity contribution >= 4 is 6.03 Å². The molecule has 0 saturated carbocycles. The first-order valence-electron chi connectivity index (χ1n) is 8.70. The van der Waals surface area contributed by atoms with Gasteiger partial charge in [0.15, 0.2) is 0 Å². The van der Waals surface area contributed by atoms with E-state index in [4.69, 9.17) is 4.74 Å². The van der Waals surface area contributed by atoms with E-state index in [2.05, 4.69) is 34.9 Å². The summed E-state index contributed by atoms with van der Waals surface area (Å²) in [5.74, 6) is 0. The Balaban J connectivity index is 1.42. The molecule has 0 aromatic heterocycles. The highest BCUT2D eigenvalue weighted by atomic mass is 16.5. The van der Waals surface area contributed by atoms with Gasteiger partial charge in [-0.2, -0.15) is 0 Å². The molecule has 1 aromatic rings. The highest BCUT2D eigenvalue weighted by Gasteiger charge is 2.24. The van der Waals surface area contributed by atoms with E-state index in [0.29, 0.717) is 18.7 Å². The van der Waals surface area contributed by atoms with Crippen LogP contribution in [-0.2, 0) is 17.7 Å². The Hall–Kier alpha value is -1.59. The minimum atomic E-state index is 0.0561. The van der Waals surface area contributed by atoms with Crippen LogP contribution in [0.4, 0.5) is 4.79 Å². The SMILES string of the molecule is CCOC1CCN(C(=O)NCC2Cc3ccccc3CN2)CC1. The molecule has 2 aliphatic rings. The monoisotopic (exact) mass is 317 g/mol. The smallest absolute Gasteiger partial charge is 0.317 e. The van der Waals surface area contributed by atoms with E-state index in [1.54, 1.807) is 0 Å². The number of likely N-dealkylation sites (tertiary alicyclic amines) is 1. The Bertz CT molecular complexity index is 527. The number of amides is 2. The third-order valence-corrected chi connectivity index (χ3v) is 4.80. The van der Waals surface area contributed by atoms with Gasteiger partial charge in [-0.1, -0.05) is 24.3 Å². The molecule has 23 heavy (non-hydrogen) atoms. The maximum Gasteiger partial charge on any atom is 0.317 e. The lowest BCUT2D eigenvalue weighted by molar-refractivity contribution is 0.0220. The van der Waals surface area contributed by atoms with Gasteiger partial charge >= 0.3 is 6.03 Å². The number of carbonyl (C=O) groups is 1. The van der Waals surface area contributed by atoms with Crippen molar-refractivity contribution in [2.24, 2.45) is 0 Å². The number of ether oxygens (including phenoxy) is 1. The summed E-state index contributed by atoms with van der Waals surface area (Å²) in [6.07, 6.45) is 3.18. The second kappa shape index (κ2) is 7.79. The molecule has 5 heteroatoms. The van der Waals surface area contributed by atoms with Crippen LogP contribution in [0.2, 0.25) is 0 Å². The summed E-state index contributed by atoms with van der Waals surface area (Å²) >= 11 is 0. The van der Waals surface area contributed by atoms with E-state index in [1.807, 2.05) is 11.8 Å². The van der Waals surface area contributed by atoms with Crippen LogP contribution in [-0.4, -0.2) is 49.3 Å². The lowest BCUT2D eigenvalue weighted by atomic mass is 9.96. The Kier molecular flexibility index (Phi) is 5.51. The predicted molar refractivity (Wildman–Crippen MR) is 90.4 cm³/mol. The first-order chi connectivity index (χ1) is 11.3. The largest absolute Gasteiger partial charge is 0.378 e. The van der Waals surface area contributed by atoms with Crippen LogP contribution in [0.3, 0.4) is 0 Å². The van der Waals surface area contributed by atoms with Crippen LogP contribution in [0.15, 0.2) is 24.3 Å². The summed E-state index contributed by atoms with van der Waals surface area (Å²) in [6, 6.07) is 8.88. The first-order valence-corrected chi connectivity index (χ1v) is 8.70. The standard InChI is InChI=1S/C18H27N3O2/c1-2-23-17-7-9-21(10-8-17)18(22)20-13-16-11-14-5-3-4-6-15(14)12-19-16/h3-6,16-17,19H,2,7-13H2,1H3,(H,20,22). The van der Waals surface area contributed by atoms with Crippen LogP contribution in [0.1, 0.15) is 30.9 Å². The molecule has 5 nitrogen and oxygen atoms in total. The zero-order chi connectivity index (χ0) is 16.1. The molecule has 2 aliphatic heterocycles. The zero-order valence-electron chi connectivity index (χ0n) is 13.9. The van der Waals surface area contributed by atoms with Crippen molar-refractivity contribution in [1.29, 1.82) is 0 Å². The van der Waals surface area contributed by atoms with Crippen LogP contribution in [0.5, 0.6) is 0 Å². The molecule has 1 unspecified atom stereocenters. The van der Waals surface area contributed by atoms with Crippen molar-refractivity contribution < 1.29 is 9.53 Å². The van der Waals surface area contributed by atoms with Gasteiger partial charge in [0, 0.05) is 38.8 Å². The van der Waals surface area contributed by atoms with Gasteiger partial charge < -0.3 is 20.3 Å². The van der Waals surface area contributed by atoms with Crippen molar-refractivity contribution in [1.82, 2.24) is 15.5 Å². The number of piperidine rings is 1. The van der Waals surface area contributed by atoms with Crippen LogP contribution in [0, 0.1) is 0 Å². The topological polar surface area (TPSA) is 53.6 Å². The number of carbonyl (C=O) groups excluding carboxylic acids is 1. The number of hydrogen-bond acceptors (Lipinski definition) is 3. The fourth-order valence-corrected chi connectivity index (χ4v) is 3.45. The summed E-state index contributed by atoms with van der Waals surface area (Å²) in [7, 11) is 0. The van der Waals surface area contributed by atoms with Crippen molar-refractivity contribution in [2.75, 3.05) is 26.2 Å². The van der Waals surface area contributed by atoms with Crippen LogP contribution < -0.4 is 10.6 Å². The van der Waals surface area contributed by atoms with Gasteiger partial charge in [0.25, 0.3) is 0 Å². The number of nitrogens with one attached hydrogen (secondary N) is 2.